The zero-order valence-corrected chi connectivity index (χ0v) is 9.83. The van der Waals surface area contributed by atoms with Crippen LogP contribution in [-0.4, -0.2) is 27.2 Å². The fourth-order valence-corrected chi connectivity index (χ4v) is 1.57. The minimum Gasteiger partial charge on any atom is -0.389 e. The van der Waals surface area contributed by atoms with Gasteiger partial charge in [-0.3, -0.25) is 0 Å². The van der Waals surface area contributed by atoms with Gasteiger partial charge in [-0.15, -0.1) is 0 Å². The number of nitrogens with one attached hydrogen (secondary N) is 2. The van der Waals surface area contributed by atoms with Gasteiger partial charge in [-0.05, 0) is 39.0 Å². The summed E-state index contributed by atoms with van der Waals surface area (Å²) in [5, 5.41) is 12.8. The van der Waals surface area contributed by atoms with Gasteiger partial charge in [0.25, 0.3) is 0 Å². The highest BCUT2D eigenvalue weighted by Gasteiger charge is 2.11. The van der Waals surface area contributed by atoms with E-state index in [0.717, 1.165) is 22.5 Å². The zero-order chi connectivity index (χ0) is 11.8. The molecule has 0 fully saturated rings. The molecular weight excluding hydrogens is 202 g/mol. The molecule has 4 nitrogen and oxygen atoms in total. The molecule has 0 radical (unpaired) electrons. The second kappa shape index (κ2) is 3.79. The smallest absolute Gasteiger partial charge is 0.104 e. The number of imidazole rings is 1. The topological polar surface area (TPSA) is 60.9 Å². The van der Waals surface area contributed by atoms with Crippen molar-refractivity contribution in [3.05, 3.63) is 24.0 Å². The van der Waals surface area contributed by atoms with Crippen LogP contribution >= 0.6 is 0 Å². The van der Waals surface area contributed by atoms with Crippen LogP contribution in [0.5, 0.6) is 0 Å². The minimum absolute atomic E-state index is 0.519. The van der Waals surface area contributed by atoms with Crippen LogP contribution in [0.25, 0.3) is 11.0 Å². The van der Waals surface area contributed by atoms with E-state index in [1.165, 1.54) is 0 Å². The van der Waals surface area contributed by atoms with Crippen LogP contribution in [-0.2, 0) is 0 Å². The molecule has 0 saturated carbocycles. The first kappa shape index (κ1) is 11.0. The number of fused-ring (bicyclic) bond motifs is 1. The largest absolute Gasteiger partial charge is 0.389 e. The summed E-state index contributed by atoms with van der Waals surface area (Å²) in [7, 11) is 0. The van der Waals surface area contributed by atoms with Gasteiger partial charge in [0, 0.05) is 12.2 Å². The number of nitrogens with zero attached hydrogens (tertiary/aromatic N) is 1. The van der Waals surface area contributed by atoms with E-state index in [1.54, 1.807) is 13.8 Å². The van der Waals surface area contributed by atoms with Gasteiger partial charge in [0.2, 0.25) is 0 Å². The average molecular weight is 219 g/mol. The summed E-state index contributed by atoms with van der Waals surface area (Å²) in [6, 6.07) is 5.93. The molecule has 1 aromatic carbocycles. The number of aliphatic hydroxyl groups is 1. The van der Waals surface area contributed by atoms with Crippen molar-refractivity contribution in [2.75, 3.05) is 11.9 Å². The van der Waals surface area contributed by atoms with E-state index in [0.29, 0.717) is 6.54 Å². The maximum Gasteiger partial charge on any atom is 0.104 e. The SMILES string of the molecule is Cc1nc2ccc(NCC(C)(C)O)cc2[nH]1. The Labute approximate surface area is 94.7 Å². The van der Waals surface area contributed by atoms with Crippen LogP contribution in [0, 0.1) is 6.92 Å². The molecule has 0 amide bonds. The van der Waals surface area contributed by atoms with Gasteiger partial charge in [-0.25, -0.2) is 4.98 Å². The Balaban J connectivity index is 2.19. The summed E-state index contributed by atoms with van der Waals surface area (Å²) in [5.41, 5.74) is 2.25. The highest BCUT2D eigenvalue weighted by Crippen LogP contribution is 2.17. The third-order valence-corrected chi connectivity index (χ3v) is 2.33. The normalized spacial score (nSPS) is 12.0. The van der Waals surface area contributed by atoms with Crippen molar-refractivity contribution >= 4 is 16.7 Å². The molecule has 0 aliphatic heterocycles. The molecule has 4 heteroatoms. The van der Waals surface area contributed by atoms with Gasteiger partial charge < -0.3 is 15.4 Å². The second-order valence-corrected chi connectivity index (χ2v) is 4.72. The lowest BCUT2D eigenvalue weighted by Gasteiger charge is -2.18. The first-order valence-electron chi connectivity index (χ1n) is 5.37. The van der Waals surface area contributed by atoms with Crippen molar-refractivity contribution in [2.45, 2.75) is 26.4 Å². The molecule has 16 heavy (non-hydrogen) atoms. The summed E-state index contributed by atoms with van der Waals surface area (Å²) in [5.74, 6) is 0.912. The third kappa shape index (κ3) is 2.52. The van der Waals surface area contributed by atoms with E-state index in [-0.39, 0.29) is 0 Å². The Morgan fingerprint density at radius 1 is 1.44 bits per heavy atom. The molecule has 1 aromatic heterocycles. The van der Waals surface area contributed by atoms with Crippen LogP contribution in [0.2, 0.25) is 0 Å². The van der Waals surface area contributed by atoms with E-state index >= 15 is 0 Å². The summed E-state index contributed by atoms with van der Waals surface area (Å²) in [4.78, 5) is 7.51. The molecule has 2 rings (SSSR count). The number of benzene rings is 1. The first-order chi connectivity index (χ1) is 7.44. The summed E-state index contributed by atoms with van der Waals surface area (Å²) >= 11 is 0. The second-order valence-electron chi connectivity index (χ2n) is 4.72. The molecule has 0 unspecified atom stereocenters. The predicted octanol–water partition coefficient (Wildman–Crippen LogP) is 2.05. The number of aryl methyl sites for hydroxylation is 1. The molecule has 2 aromatic rings. The maximum absolute atomic E-state index is 9.61. The molecule has 0 saturated heterocycles. The number of anilines is 1. The van der Waals surface area contributed by atoms with Gasteiger partial charge in [0.1, 0.15) is 5.82 Å². The maximum atomic E-state index is 9.61. The summed E-state index contributed by atoms with van der Waals surface area (Å²) in [6.45, 7) is 6.01. The first-order valence-corrected chi connectivity index (χ1v) is 5.37. The average Bonchev–Trinajstić information content (AvgIpc) is 2.52. The Morgan fingerprint density at radius 2 is 2.19 bits per heavy atom. The van der Waals surface area contributed by atoms with Gasteiger partial charge in [0.05, 0.1) is 16.6 Å². The highest BCUT2D eigenvalue weighted by atomic mass is 16.3. The monoisotopic (exact) mass is 219 g/mol. The number of H-pyrrole nitrogens is 1. The van der Waals surface area contributed by atoms with Gasteiger partial charge in [-0.1, -0.05) is 0 Å². The lowest BCUT2D eigenvalue weighted by molar-refractivity contribution is 0.0945. The number of hydrogen-bond donors (Lipinski definition) is 3. The Bertz CT molecular complexity index is 496. The van der Waals surface area contributed by atoms with Crippen molar-refractivity contribution in [2.24, 2.45) is 0 Å². The summed E-state index contributed by atoms with van der Waals surface area (Å²) in [6.07, 6.45) is 0. The van der Waals surface area contributed by atoms with Crippen LogP contribution in [0.1, 0.15) is 19.7 Å². The Morgan fingerprint density at radius 3 is 2.88 bits per heavy atom. The van der Waals surface area contributed by atoms with Gasteiger partial charge in [0.15, 0.2) is 0 Å². The van der Waals surface area contributed by atoms with Crippen LogP contribution < -0.4 is 5.32 Å². The van der Waals surface area contributed by atoms with E-state index in [4.69, 9.17) is 0 Å². The Kier molecular flexibility index (Phi) is 2.59. The molecule has 0 atom stereocenters. The number of aromatic amines is 1. The van der Waals surface area contributed by atoms with Crippen LogP contribution in [0.15, 0.2) is 18.2 Å². The zero-order valence-electron chi connectivity index (χ0n) is 9.83. The lowest BCUT2D eigenvalue weighted by atomic mass is 10.1. The van der Waals surface area contributed by atoms with Crippen molar-refractivity contribution in [1.82, 2.24) is 9.97 Å². The lowest BCUT2D eigenvalue weighted by Crippen LogP contribution is -2.29. The minimum atomic E-state index is -0.709. The van der Waals surface area contributed by atoms with E-state index in [9.17, 15) is 5.11 Å². The van der Waals surface area contributed by atoms with Gasteiger partial charge >= 0.3 is 0 Å². The molecule has 0 bridgehead atoms. The number of aromatic nitrogens is 2. The van der Waals surface area contributed by atoms with Gasteiger partial charge in [-0.2, -0.15) is 0 Å². The van der Waals surface area contributed by atoms with Crippen LogP contribution in [0.4, 0.5) is 5.69 Å². The highest BCUT2D eigenvalue weighted by molar-refractivity contribution is 5.79. The number of hydrogen-bond acceptors (Lipinski definition) is 3. The molecule has 86 valence electrons. The molecule has 1 heterocycles. The van der Waals surface area contributed by atoms with E-state index < -0.39 is 5.60 Å². The van der Waals surface area contributed by atoms with Crippen molar-refractivity contribution in [3.8, 4) is 0 Å². The van der Waals surface area contributed by atoms with Crippen molar-refractivity contribution in [1.29, 1.82) is 0 Å². The van der Waals surface area contributed by atoms with Crippen LogP contribution in [0.3, 0.4) is 0 Å². The standard InChI is InChI=1S/C12H17N3O/c1-8-14-10-5-4-9(6-11(10)15-8)13-7-12(2,3)16/h4-6,13,16H,7H2,1-3H3,(H,14,15). The third-order valence-electron chi connectivity index (χ3n) is 2.33. The van der Waals surface area contributed by atoms with Crippen molar-refractivity contribution < 1.29 is 5.11 Å². The van der Waals surface area contributed by atoms with E-state index in [2.05, 4.69) is 15.3 Å². The quantitative estimate of drug-likeness (QED) is 0.740. The molecule has 0 spiro atoms. The molecular formula is C12H17N3O. The molecule has 0 aliphatic rings. The Hall–Kier alpha value is -1.55. The fourth-order valence-electron chi connectivity index (χ4n) is 1.57. The van der Waals surface area contributed by atoms with Crippen molar-refractivity contribution in [3.63, 3.8) is 0 Å². The molecule has 3 N–H and O–H groups in total. The van der Waals surface area contributed by atoms with E-state index in [1.807, 2.05) is 25.1 Å². The fraction of sp³-hybridized carbons (Fsp3) is 0.417. The number of rotatable bonds is 3. The molecule has 0 aliphatic carbocycles. The predicted molar refractivity (Wildman–Crippen MR) is 65.6 cm³/mol. The summed E-state index contributed by atoms with van der Waals surface area (Å²) < 4.78 is 0.